The molecule has 1 N–H and O–H groups in total. The zero-order chi connectivity index (χ0) is 24.7. The van der Waals surface area contributed by atoms with Crippen LogP contribution in [-0.4, -0.2) is 47.8 Å². The molecule has 1 aliphatic heterocycles. The minimum Gasteiger partial charge on any atom is -0.494 e. The molecule has 0 spiro atoms. The molecule has 7 heteroatoms. The summed E-state index contributed by atoms with van der Waals surface area (Å²) in [4.78, 5) is 10.6. The highest BCUT2D eigenvalue weighted by Crippen LogP contribution is 2.35. The lowest BCUT2D eigenvalue weighted by Gasteiger charge is -2.32. The Balaban J connectivity index is 1.05. The van der Waals surface area contributed by atoms with Gasteiger partial charge in [0.25, 0.3) is 0 Å². The van der Waals surface area contributed by atoms with Gasteiger partial charge in [-0.25, -0.2) is 4.98 Å². The van der Waals surface area contributed by atoms with Gasteiger partial charge in [0.15, 0.2) is 0 Å². The summed E-state index contributed by atoms with van der Waals surface area (Å²) in [5, 5.41) is 2.40. The molecule has 0 fully saturated rings. The van der Waals surface area contributed by atoms with E-state index in [-0.39, 0.29) is 0 Å². The maximum Gasteiger partial charge on any atom is 0.121 e. The van der Waals surface area contributed by atoms with Gasteiger partial charge in [-0.15, -0.1) is 11.3 Å². The lowest BCUT2D eigenvalue weighted by atomic mass is 9.98. The number of unbranched alkanes of at least 4 members (excludes halogenated alkanes) is 1. The van der Waals surface area contributed by atoms with Gasteiger partial charge in [-0.3, -0.25) is 4.90 Å². The van der Waals surface area contributed by atoms with Crippen LogP contribution in [0.5, 0.6) is 5.75 Å². The van der Waals surface area contributed by atoms with Crippen molar-refractivity contribution in [2.24, 2.45) is 0 Å². The number of hydrogen-bond donors (Lipinski definition) is 1. The third-order valence-electron chi connectivity index (χ3n) is 6.77. The van der Waals surface area contributed by atoms with E-state index < -0.39 is 0 Å². The third kappa shape index (κ3) is 6.20. The van der Waals surface area contributed by atoms with E-state index in [1.807, 2.05) is 19.1 Å². The fraction of sp³-hybridized carbons (Fsp3) is 0.414. The molecule has 1 atom stereocenters. The fourth-order valence-electron chi connectivity index (χ4n) is 4.98. The molecule has 0 saturated carbocycles. The van der Waals surface area contributed by atoms with Gasteiger partial charge >= 0.3 is 0 Å². The predicted octanol–water partition coefficient (Wildman–Crippen LogP) is 7.81. The van der Waals surface area contributed by atoms with Crippen LogP contribution in [0, 0.1) is 6.92 Å². The lowest BCUT2D eigenvalue weighted by Crippen LogP contribution is -2.32. The van der Waals surface area contributed by atoms with E-state index in [1.165, 1.54) is 21.2 Å². The number of nitrogens with one attached hydrogen (secondary N) is 1. The van der Waals surface area contributed by atoms with Crippen LogP contribution in [0.3, 0.4) is 0 Å². The van der Waals surface area contributed by atoms with Gasteiger partial charge in [-0.2, -0.15) is 0 Å². The Kier molecular flexibility index (Phi) is 8.75. The Morgan fingerprint density at radius 2 is 2.00 bits per heavy atom. The van der Waals surface area contributed by atoms with Crippen LogP contribution in [0.25, 0.3) is 21.1 Å². The van der Waals surface area contributed by atoms with Crippen LogP contribution in [-0.2, 0) is 4.74 Å². The molecule has 190 valence electrons. The summed E-state index contributed by atoms with van der Waals surface area (Å²) in [5.41, 5.74) is 3.60. The molecule has 5 nitrogen and oxygen atoms in total. The highest BCUT2D eigenvalue weighted by Gasteiger charge is 2.23. The number of nitrogens with zero attached hydrogens (tertiary/aromatic N) is 2. The molecule has 0 radical (unpaired) electrons. The summed E-state index contributed by atoms with van der Waals surface area (Å²) in [6, 6.07) is 13.0. The van der Waals surface area contributed by atoms with Crippen molar-refractivity contribution < 1.29 is 9.47 Å². The fourth-order valence-corrected chi connectivity index (χ4v) is 6.27. The van der Waals surface area contributed by atoms with Crippen molar-refractivity contribution in [1.82, 2.24) is 14.9 Å². The van der Waals surface area contributed by atoms with E-state index in [0.717, 1.165) is 79.2 Å². The number of halogens is 1. The van der Waals surface area contributed by atoms with Crippen molar-refractivity contribution in [3.8, 4) is 5.75 Å². The topological polar surface area (TPSA) is 50.4 Å². The quantitative estimate of drug-likeness (QED) is 0.140. The third-order valence-corrected chi connectivity index (χ3v) is 8.38. The number of hydrogen-bond acceptors (Lipinski definition) is 5. The number of fused-ring (bicyclic) bond motifs is 2. The summed E-state index contributed by atoms with van der Waals surface area (Å²) >= 11 is 5.41. The molecule has 4 aromatic rings. The van der Waals surface area contributed by atoms with Gasteiger partial charge in [0, 0.05) is 54.5 Å². The first kappa shape index (κ1) is 25.5. The number of aromatic amines is 1. The van der Waals surface area contributed by atoms with E-state index in [1.54, 1.807) is 11.3 Å². The summed E-state index contributed by atoms with van der Waals surface area (Å²) in [7, 11) is 0. The van der Waals surface area contributed by atoms with Crippen LogP contribution in [0.2, 0.25) is 0 Å². The SMILES string of the molecule is Cc1nc2cc(OCCCCOCCCC(c3c[nH]c4c(Br)cccc34)N3CC=CCC3)ccc2s1. The average Bonchev–Trinajstić information content (AvgIpc) is 3.49. The van der Waals surface area contributed by atoms with Gasteiger partial charge in [-0.05, 0) is 78.7 Å². The Hall–Kier alpha value is -2.19. The number of para-hydroxylation sites is 1. The molecule has 1 unspecified atom stereocenters. The van der Waals surface area contributed by atoms with E-state index in [9.17, 15) is 0 Å². The van der Waals surface area contributed by atoms with Crippen molar-refractivity contribution in [3.63, 3.8) is 0 Å². The molecule has 1 aliphatic rings. The minimum atomic E-state index is 0.397. The molecule has 0 amide bonds. The number of aromatic nitrogens is 2. The standard InChI is InChI=1S/C29H34BrN3O2S/c1-21-32-26-19-22(12-13-28(26)36-21)35-18-6-5-16-34-17-8-11-27(33-14-3-2-4-15-33)24-20-31-29-23(24)9-7-10-25(29)30/h2-3,7,9-10,12-13,19-20,27,31H,4-6,8,11,14-18H2,1H3. The second-order valence-corrected chi connectivity index (χ2v) is 11.4. The van der Waals surface area contributed by atoms with Crippen molar-refractivity contribution in [3.05, 3.63) is 69.8 Å². The second kappa shape index (κ2) is 12.4. The first-order valence-corrected chi connectivity index (χ1v) is 14.5. The normalized spacial score (nSPS) is 15.2. The number of aryl methyl sites for hydroxylation is 1. The molecular weight excluding hydrogens is 534 g/mol. The molecular formula is C29H34BrN3O2S. The van der Waals surface area contributed by atoms with Crippen LogP contribution >= 0.6 is 27.3 Å². The van der Waals surface area contributed by atoms with Gasteiger partial charge in [0.2, 0.25) is 0 Å². The molecule has 0 aliphatic carbocycles. The van der Waals surface area contributed by atoms with E-state index in [0.29, 0.717) is 12.6 Å². The summed E-state index contributed by atoms with van der Waals surface area (Å²) in [5.74, 6) is 0.900. The first-order valence-electron chi connectivity index (χ1n) is 12.9. The van der Waals surface area contributed by atoms with Crippen LogP contribution < -0.4 is 4.74 Å². The summed E-state index contributed by atoms with van der Waals surface area (Å²) < 4.78 is 14.3. The second-order valence-electron chi connectivity index (χ2n) is 9.35. The van der Waals surface area contributed by atoms with Crippen molar-refractivity contribution in [1.29, 1.82) is 0 Å². The molecule has 2 aromatic carbocycles. The molecule has 5 rings (SSSR count). The van der Waals surface area contributed by atoms with Crippen molar-refractivity contribution >= 4 is 48.4 Å². The van der Waals surface area contributed by atoms with Crippen LogP contribution in [0.4, 0.5) is 0 Å². The number of H-pyrrole nitrogens is 1. The van der Waals surface area contributed by atoms with Gasteiger partial charge in [0.05, 0.1) is 27.3 Å². The summed E-state index contributed by atoms with van der Waals surface area (Å²) in [6.07, 6.45) is 12.1. The smallest absolute Gasteiger partial charge is 0.121 e. The van der Waals surface area contributed by atoms with Crippen molar-refractivity contribution in [2.75, 3.05) is 32.9 Å². The zero-order valence-corrected chi connectivity index (χ0v) is 23.2. The average molecular weight is 569 g/mol. The van der Waals surface area contributed by atoms with Crippen LogP contribution in [0.15, 0.2) is 59.2 Å². The maximum atomic E-state index is 6.00. The Morgan fingerprint density at radius 1 is 1.11 bits per heavy atom. The number of ether oxygens (including phenoxy) is 2. The lowest BCUT2D eigenvalue weighted by molar-refractivity contribution is 0.112. The number of benzene rings is 2. The molecule has 0 bridgehead atoms. The van der Waals surface area contributed by atoms with Gasteiger partial charge in [-0.1, -0.05) is 24.3 Å². The minimum absolute atomic E-state index is 0.397. The molecule has 3 heterocycles. The Labute approximate surface area is 225 Å². The number of thiazole rings is 1. The summed E-state index contributed by atoms with van der Waals surface area (Å²) in [6.45, 7) is 6.45. The molecule has 0 saturated heterocycles. The van der Waals surface area contributed by atoms with Crippen LogP contribution in [0.1, 0.15) is 48.7 Å². The Bertz CT molecular complexity index is 1310. The predicted molar refractivity (Wildman–Crippen MR) is 153 cm³/mol. The van der Waals surface area contributed by atoms with Gasteiger partial charge in [0.1, 0.15) is 5.75 Å². The maximum absolute atomic E-state index is 6.00. The first-order chi connectivity index (χ1) is 17.7. The molecule has 36 heavy (non-hydrogen) atoms. The number of rotatable bonds is 12. The van der Waals surface area contributed by atoms with E-state index >= 15 is 0 Å². The van der Waals surface area contributed by atoms with Gasteiger partial charge < -0.3 is 14.5 Å². The highest BCUT2D eigenvalue weighted by molar-refractivity contribution is 9.10. The van der Waals surface area contributed by atoms with E-state index in [2.05, 4.69) is 73.4 Å². The van der Waals surface area contributed by atoms with Crippen molar-refractivity contribution in [2.45, 2.75) is 45.1 Å². The Morgan fingerprint density at radius 3 is 2.89 bits per heavy atom. The van der Waals surface area contributed by atoms with E-state index in [4.69, 9.17) is 9.47 Å². The molecule has 2 aromatic heterocycles. The monoisotopic (exact) mass is 567 g/mol. The largest absolute Gasteiger partial charge is 0.494 e. The zero-order valence-electron chi connectivity index (χ0n) is 20.8. The highest BCUT2D eigenvalue weighted by atomic mass is 79.9.